The summed E-state index contributed by atoms with van der Waals surface area (Å²) in [5.74, 6) is 2.11. The molecule has 2 fully saturated rings. The first-order valence-electron chi connectivity index (χ1n) is 13.3. The number of nitrogens with zero attached hydrogens (tertiary/aromatic N) is 5. The first-order chi connectivity index (χ1) is 19.7. The van der Waals surface area contributed by atoms with Gasteiger partial charge >= 0.3 is 0 Å². The number of amides is 2. The molecule has 1 aromatic carbocycles. The third-order valence-electron chi connectivity index (χ3n) is 7.63. The van der Waals surface area contributed by atoms with Gasteiger partial charge in [0.1, 0.15) is 4.21 Å². The normalized spacial score (nSPS) is 20.6. The number of thiazole rings is 1. The number of morpholine rings is 1. The van der Waals surface area contributed by atoms with Crippen molar-refractivity contribution < 1.29 is 28.0 Å². The van der Waals surface area contributed by atoms with Gasteiger partial charge in [0, 0.05) is 67.3 Å². The number of carbonyl (C=O) groups excluding carboxylic acids is 2. The molecule has 2 amide bonds. The van der Waals surface area contributed by atoms with E-state index in [9.17, 15) is 23.2 Å². The molecule has 0 aliphatic carbocycles. The third-order valence-corrected chi connectivity index (χ3v) is 12.1. The highest BCUT2D eigenvalue weighted by Crippen LogP contribution is 2.33. The summed E-state index contributed by atoms with van der Waals surface area (Å²) in [6.45, 7) is 2.77. The van der Waals surface area contributed by atoms with Gasteiger partial charge in [-0.3, -0.25) is 9.59 Å². The lowest BCUT2D eigenvalue weighted by Gasteiger charge is -2.41. The zero-order valence-corrected chi connectivity index (χ0v) is 24.6. The molecule has 2 aromatic heterocycles. The SMILES string of the molecule is C#Cc1ccc2cc(S(=O)(=O)N3CCN(C(=O)c4nc5c(s4)CN(O)CC5)C(CC(=O)N4CCOCC4)C3)sc2c1. The van der Waals surface area contributed by atoms with Crippen LogP contribution >= 0.6 is 22.7 Å². The van der Waals surface area contributed by atoms with Crippen LogP contribution in [0.2, 0.25) is 0 Å². The Morgan fingerprint density at radius 3 is 2.71 bits per heavy atom. The molecule has 0 saturated carbocycles. The lowest BCUT2D eigenvalue weighted by atomic mass is 10.1. The Bertz CT molecular complexity index is 1640. The lowest BCUT2D eigenvalue weighted by Crippen LogP contribution is -2.58. The molecule has 6 rings (SSSR count). The van der Waals surface area contributed by atoms with Gasteiger partial charge in [-0.1, -0.05) is 12.0 Å². The second kappa shape index (κ2) is 11.4. The van der Waals surface area contributed by atoms with Crippen LogP contribution in [-0.2, 0) is 32.5 Å². The summed E-state index contributed by atoms with van der Waals surface area (Å²) in [4.78, 5) is 35.7. The van der Waals surface area contributed by atoms with Crippen LogP contribution in [-0.4, -0.2) is 108 Å². The molecular weight excluding hydrogens is 587 g/mol. The summed E-state index contributed by atoms with van der Waals surface area (Å²) in [5, 5.41) is 12.2. The van der Waals surface area contributed by atoms with Gasteiger partial charge in [-0.25, -0.2) is 13.4 Å². The second-order valence-electron chi connectivity index (χ2n) is 10.2. The summed E-state index contributed by atoms with van der Waals surface area (Å²) >= 11 is 2.40. The van der Waals surface area contributed by atoms with E-state index in [-0.39, 0.29) is 42.1 Å². The molecule has 0 bridgehead atoms. The molecule has 216 valence electrons. The van der Waals surface area contributed by atoms with Gasteiger partial charge in [0.25, 0.3) is 15.9 Å². The summed E-state index contributed by atoms with van der Waals surface area (Å²) in [7, 11) is -3.89. The van der Waals surface area contributed by atoms with Crippen molar-refractivity contribution in [1.29, 1.82) is 0 Å². The molecular formula is C27H29N5O6S3. The van der Waals surface area contributed by atoms with Crippen LogP contribution < -0.4 is 0 Å². The molecule has 41 heavy (non-hydrogen) atoms. The average Bonchev–Trinajstić information content (AvgIpc) is 3.61. The molecule has 0 radical (unpaired) electrons. The maximum atomic E-state index is 13.8. The number of sulfonamides is 1. The Kier molecular flexibility index (Phi) is 7.86. The number of thiophene rings is 1. The fourth-order valence-corrected chi connectivity index (χ4v) is 9.51. The van der Waals surface area contributed by atoms with Gasteiger partial charge in [-0.05, 0) is 23.6 Å². The Balaban J connectivity index is 1.27. The number of carbonyl (C=O) groups is 2. The molecule has 3 aliphatic rings. The number of hydrogen-bond donors (Lipinski definition) is 1. The van der Waals surface area contributed by atoms with Crippen molar-refractivity contribution in [2.75, 3.05) is 52.5 Å². The van der Waals surface area contributed by atoms with Crippen molar-refractivity contribution in [3.05, 3.63) is 45.4 Å². The Morgan fingerprint density at radius 1 is 1.12 bits per heavy atom. The lowest BCUT2D eigenvalue weighted by molar-refractivity contribution is -0.136. The largest absolute Gasteiger partial charge is 0.378 e. The van der Waals surface area contributed by atoms with E-state index in [1.807, 2.05) is 6.07 Å². The quantitative estimate of drug-likeness (QED) is 0.432. The number of terminal acetylenes is 1. The van der Waals surface area contributed by atoms with Gasteiger partial charge < -0.3 is 19.7 Å². The van der Waals surface area contributed by atoms with Crippen molar-refractivity contribution in [3.8, 4) is 12.3 Å². The summed E-state index contributed by atoms with van der Waals surface area (Å²) in [6.07, 6.45) is 6.05. The molecule has 1 atom stereocenters. The van der Waals surface area contributed by atoms with Gasteiger partial charge in [0.05, 0.1) is 31.5 Å². The summed E-state index contributed by atoms with van der Waals surface area (Å²) < 4.78 is 35.3. The molecule has 3 aliphatic heterocycles. The average molecular weight is 616 g/mol. The zero-order valence-electron chi connectivity index (χ0n) is 22.2. The minimum Gasteiger partial charge on any atom is -0.378 e. The molecule has 14 heteroatoms. The Hall–Kier alpha value is -2.90. The third kappa shape index (κ3) is 5.63. The number of hydrogen-bond acceptors (Lipinski definition) is 10. The molecule has 11 nitrogen and oxygen atoms in total. The number of rotatable bonds is 5. The zero-order chi connectivity index (χ0) is 28.7. The number of aromatic nitrogens is 1. The minimum atomic E-state index is -3.89. The fraction of sp³-hybridized carbons (Fsp3) is 0.444. The number of fused-ring (bicyclic) bond motifs is 2. The molecule has 1 unspecified atom stereocenters. The maximum absolute atomic E-state index is 13.8. The van der Waals surface area contributed by atoms with E-state index in [4.69, 9.17) is 11.2 Å². The van der Waals surface area contributed by atoms with Gasteiger partial charge in [0.15, 0.2) is 5.01 Å². The first kappa shape index (κ1) is 28.2. The predicted octanol–water partition coefficient (Wildman–Crippen LogP) is 1.85. The van der Waals surface area contributed by atoms with Crippen molar-refractivity contribution >= 4 is 54.6 Å². The Morgan fingerprint density at radius 2 is 1.93 bits per heavy atom. The van der Waals surface area contributed by atoms with Crippen LogP contribution in [0.3, 0.4) is 0 Å². The first-order valence-corrected chi connectivity index (χ1v) is 16.4. The molecule has 3 aromatic rings. The van der Waals surface area contributed by atoms with E-state index >= 15 is 0 Å². The molecule has 1 N–H and O–H groups in total. The van der Waals surface area contributed by atoms with E-state index in [0.717, 1.165) is 32.0 Å². The Labute approximate surface area is 245 Å². The van der Waals surface area contributed by atoms with Crippen LogP contribution in [0.25, 0.3) is 10.1 Å². The number of hydroxylamine groups is 2. The van der Waals surface area contributed by atoms with E-state index in [1.54, 1.807) is 28.0 Å². The van der Waals surface area contributed by atoms with E-state index in [0.29, 0.717) is 56.4 Å². The molecule has 0 spiro atoms. The number of benzene rings is 1. The predicted molar refractivity (Wildman–Crippen MR) is 153 cm³/mol. The minimum absolute atomic E-state index is 0.00872. The van der Waals surface area contributed by atoms with Crippen molar-refractivity contribution in [1.82, 2.24) is 24.2 Å². The van der Waals surface area contributed by atoms with Gasteiger partial charge in [-0.2, -0.15) is 9.37 Å². The van der Waals surface area contributed by atoms with E-state index in [2.05, 4.69) is 10.9 Å². The van der Waals surface area contributed by atoms with E-state index in [1.165, 1.54) is 20.7 Å². The monoisotopic (exact) mass is 615 g/mol. The molecule has 2 saturated heterocycles. The number of ether oxygens (including phenoxy) is 1. The maximum Gasteiger partial charge on any atom is 0.283 e. The summed E-state index contributed by atoms with van der Waals surface area (Å²) in [6, 6.07) is 6.36. The fourth-order valence-electron chi connectivity index (χ4n) is 5.38. The number of piperazine rings is 1. The van der Waals surface area contributed by atoms with Crippen molar-refractivity contribution in [2.24, 2.45) is 0 Å². The molecule has 5 heterocycles. The standard InChI is InChI=1S/C27H29N5O6S3/c1-2-18-3-4-19-14-25(39-22(19)13-18)41(36,37)31-7-8-32(20(16-31)15-24(33)29-9-11-38-12-10-29)27(34)26-28-21-5-6-30(35)17-23(21)40-26/h1,3-4,13-14,20,35H,5-12,15-17H2. The highest BCUT2D eigenvalue weighted by molar-refractivity contribution is 7.91. The smallest absolute Gasteiger partial charge is 0.283 e. The van der Waals surface area contributed by atoms with Crippen molar-refractivity contribution in [3.63, 3.8) is 0 Å². The van der Waals surface area contributed by atoms with Gasteiger partial charge in [0.2, 0.25) is 5.91 Å². The van der Waals surface area contributed by atoms with Crippen LogP contribution in [0.15, 0.2) is 28.5 Å². The van der Waals surface area contributed by atoms with Crippen LogP contribution in [0, 0.1) is 12.3 Å². The highest BCUT2D eigenvalue weighted by Gasteiger charge is 2.40. The van der Waals surface area contributed by atoms with Crippen LogP contribution in [0.1, 0.15) is 32.4 Å². The highest BCUT2D eigenvalue weighted by atomic mass is 32.2. The van der Waals surface area contributed by atoms with Crippen molar-refractivity contribution in [2.45, 2.75) is 29.6 Å². The van der Waals surface area contributed by atoms with Gasteiger partial charge in [-0.15, -0.1) is 29.1 Å². The van der Waals surface area contributed by atoms with E-state index < -0.39 is 16.1 Å². The topological polar surface area (TPSA) is 124 Å². The second-order valence-corrected chi connectivity index (χ2v) is 14.5. The van der Waals surface area contributed by atoms with Crippen LogP contribution in [0.4, 0.5) is 0 Å². The van der Waals surface area contributed by atoms with Crippen LogP contribution in [0.5, 0.6) is 0 Å². The summed E-state index contributed by atoms with van der Waals surface area (Å²) in [5.41, 5.74) is 1.47.